The third-order valence-corrected chi connectivity index (χ3v) is 5.75. The quantitative estimate of drug-likeness (QED) is 0.594. The van der Waals surface area contributed by atoms with E-state index in [0.717, 1.165) is 35.4 Å². The third kappa shape index (κ3) is 3.87. The molecule has 9 nitrogen and oxygen atoms in total. The van der Waals surface area contributed by atoms with Crippen LogP contribution in [0.15, 0.2) is 36.9 Å². The van der Waals surface area contributed by atoms with Gasteiger partial charge < -0.3 is 15.8 Å². The lowest BCUT2D eigenvalue weighted by Gasteiger charge is -2.08. The molecule has 1 aromatic carbocycles. The van der Waals surface area contributed by atoms with Crippen LogP contribution in [-0.2, 0) is 22.4 Å². The minimum absolute atomic E-state index is 0.301. The summed E-state index contributed by atoms with van der Waals surface area (Å²) in [7, 11) is 0. The van der Waals surface area contributed by atoms with Gasteiger partial charge in [-0.3, -0.25) is 9.59 Å². The second kappa shape index (κ2) is 7.84. The molecule has 0 unspecified atom stereocenters. The van der Waals surface area contributed by atoms with Gasteiger partial charge in [0.05, 0.1) is 16.8 Å². The fraction of sp³-hybridized carbons (Fsp3) is 0.211. The molecule has 29 heavy (non-hydrogen) atoms. The standard InChI is InChI=1S/C19H17N5O4S/c20-17(26)16-13-2-1-3-14(13)29-18(16)23-15(25)8-28-19(27)11-4-6-12(7-5-11)24-10-21-9-22-24/h4-7,9-10H,1-3,8H2,(H2,20,26)(H,23,25). The number of aryl methyl sites for hydroxylation is 1. The minimum atomic E-state index is -0.630. The summed E-state index contributed by atoms with van der Waals surface area (Å²) in [5, 5.41) is 7.06. The highest BCUT2D eigenvalue weighted by molar-refractivity contribution is 7.17. The molecule has 1 aliphatic rings. The Morgan fingerprint density at radius 2 is 2.00 bits per heavy atom. The van der Waals surface area contributed by atoms with Gasteiger partial charge in [-0.2, -0.15) is 5.10 Å². The van der Waals surface area contributed by atoms with Crippen molar-refractivity contribution < 1.29 is 19.1 Å². The number of hydrogen-bond acceptors (Lipinski definition) is 7. The molecule has 0 atom stereocenters. The van der Waals surface area contributed by atoms with E-state index in [0.29, 0.717) is 16.1 Å². The van der Waals surface area contributed by atoms with Crippen LogP contribution in [0.5, 0.6) is 0 Å². The predicted octanol–water partition coefficient (Wildman–Crippen LogP) is 1.71. The predicted molar refractivity (Wildman–Crippen MR) is 105 cm³/mol. The van der Waals surface area contributed by atoms with Crippen molar-refractivity contribution in [2.75, 3.05) is 11.9 Å². The van der Waals surface area contributed by atoms with Crippen molar-refractivity contribution in [2.24, 2.45) is 5.73 Å². The Kier molecular flexibility index (Phi) is 5.09. The molecule has 2 heterocycles. The number of rotatable bonds is 6. The normalized spacial score (nSPS) is 12.4. The molecule has 2 amide bonds. The maximum absolute atomic E-state index is 12.2. The number of nitrogens with two attached hydrogens (primary N) is 1. The zero-order valence-corrected chi connectivity index (χ0v) is 16.1. The molecule has 3 aromatic rings. The highest BCUT2D eigenvalue weighted by atomic mass is 32.1. The van der Waals surface area contributed by atoms with Gasteiger partial charge in [-0.05, 0) is 49.1 Å². The lowest BCUT2D eigenvalue weighted by atomic mass is 10.1. The van der Waals surface area contributed by atoms with Crippen LogP contribution in [0, 0.1) is 0 Å². The Morgan fingerprint density at radius 1 is 1.21 bits per heavy atom. The SMILES string of the molecule is NC(=O)c1c(NC(=O)COC(=O)c2ccc(-n3cncn3)cc2)sc2c1CCC2. The molecule has 148 valence electrons. The van der Waals surface area contributed by atoms with E-state index in [1.807, 2.05) is 0 Å². The Balaban J connectivity index is 1.36. The van der Waals surface area contributed by atoms with Gasteiger partial charge in [-0.1, -0.05) is 0 Å². The van der Waals surface area contributed by atoms with Crippen molar-refractivity contribution in [2.45, 2.75) is 19.3 Å². The van der Waals surface area contributed by atoms with Gasteiger partial charge in [-0.15, -0.1) is 11.3 Å². The lowest BCUT2D eigenvalue weighted by Crippen LogP contribution is -2.22. The van der Waals surface area contributed by atoms with E-state index in [1.54, 1.807) is 35.3 Å². The number of carbonyl (C=O) groups excluding carboxylic acids is 3. The van der Waals surface area contributed by atoms with Crippen molar-refractivity contribution in [3.05, 3.63) is 58.5 Å². The van der Waals surface area contributed by atoms with Crippen molar-refractivity contribution in [1.29, 1.82) is 0 Å². The number of aromatic nitrogens is 3. The highest BCUT2D eigenvalue weighted by Gasteiger charge is 2.26. The van der Waals surface area contributed by atoms with Crippen LogP contribution < -0.4 is 11.1 Å². The Bertz CT molecular complexity index is 1070. The minimum Gasteiger partial charge on any atom is -0.452 e. The molecule has 0 saturated carbocycles. The summed E-state index contributed by atoms with van der Waals surface area (Å²) in [6, 6.07) is 6.54. The summed E-state index contributed by atoms with van der Waals surface area (Å²) in [6.45, 7) is -0.468. The van der Waals surface area contributed by atoms with Gasteiger partial charge in [0.15, 0.2) is 6.61 Å². The van der Waals surface area contributed by atoms with E-state index >= 15 is 0 Å². The number of anilines is 1. The zero-order valence-electron chi connectivity index (χ0n) is 15.3. The molecule has 4 rings (SSSR count). The summed E-state index contributed by atoms with van der Waals surface area (Å²) in [4.78, 5) is 41.1. The van der Waals surface area contributed by atoms with E-state index in [2.05, 4.69) is 15.4 Å². The molecule has 0 saturated heterocycles. The first-order valence-corrected chi connectivity index (χ1v) is 9.71. The van der Waals surface area contributed by atoms with Gasteiger partial charge in [-0.25, -0.2) is 14.5 Å². The monoisotopic (exact) mass is 411 g/mol. The Labute approximate surface area is 169 Å². The molecule has 0 bridgehead atoms. The maximum atomic E-state index is 12.2. The van der Waals surface area contributed by atoms with Crippen molar-refractivity contribution >= 4 is 34.1 Å². The molecular weight excluding hydrogens is 394 g/mol. The van der Waals surface area contributed by atoms with Crippen LogP contribution in [0.25, 0.3) is 5.69 Å². The van der Waals surface area contributed by atoms with E-state index in [4.69, 9.17) is 10.5 Å². The number of amides is 2. The molecule has 10 heteroatoms. The Hall–Kier alpha value is -3.53. The smallest absolute Gasteiger partial charge is 0.338 e. The van der Waals surface area contributed by atoms with Gasteiger partial charge >= 0.3 is 5.97 Å². The van der Waals surface area contributed by atoms with E-state index in [9.17, 15) is 14.4 Å². The maximum Gasteiger partial charge on any atom is 0.338 e. The number of carbonyl (C=O) groups is 3. The average Bonchev–Trinajstić information content (AvgIpc) is 3.43. The van der Waals surface area contributed by atoms with Gasteiger partial charge in [0.1, 0.15) is 17.7 Å². The number of hydrogen-bond donors (Lipinski definition) is 2. The number of thiophene rings is 1. The first-order chi connectivity index (χ1) is 14.0. The van der Waals surface area contributed by atoms with Crippen LogP contribution in [0.1, 0.15) is 37.6 Å². The summed E-state index contributed by atoms with van der Waals surface area (Å²) in [5.74, 6) is -1.72. The molecule has 0 aliphatic heterocycles. The number of esters is 1. The summed E-state index contributed by atoms with van der Waals surface area (Å²) < 4.78 is 6.63. The zero-order chi connectivity index (χ0) is 20.4. The van der Waals surface area contributed by atoms with Crippen LogP contribution in [0.4, 0.5) is 5.00 Å². The van der Waals surface area contributed by atoms with E-state index in [1.165, 1.54) is 17.7 Å². The number of fused-ring (bicyclic) bond motifs is 1. The summed E-state index contributed by atoms with van der Waals surface area (Å²) in [6.07, 6.45) is 5.57. The number of nitrogens with one attached hydrogen (secondary N) is 1. The lowest BCUT2D eigenvalue weighted by molar-refractivity contribution is -0.119. The van der Waals surface area contributed by atoms with Gasteiger partial charge in [0, 0.05) is 4.88 Å². The molecule has 0 radical (unpaired) electrons. The molecule has 1 aliphatic carbocycles. The summed E-state index contributed by atoms with van der Waals surface area (Å²) in [5.41, 5.74) is 7.80. The number of nitrogens with zero attached hydrogens (tertiary/aromatic N) is 3. The number of ether oxygens (including phenoxy) is 1. The molecule has 0 spiro atoms. The molecule has 2 aromatic heterocycles. The van der Waals surface area contributed by atoms with Crippen LogP contribution in [0.3, 0.4) is 0 Å². The van der Waals surface area contributed by atoms with Crippen LogP contribution in [0.2, 0.25) is 0 Å². The van der Waals surface area contributed by atoms with Gasteiger partial charge in [0.25, 0.3) is 11.8 Å². The van der Waals surface area contributed by atoms with Crippen molar-refractivity contribution in [3.8, 4) is 5.69 Å². The van der Waals surface area contributed by atoms with E-state index in [-0.39, 0.29) is 0 Å². The number of benzene rings is 1. The van der Waals surface area contributed by atoms with Crippen molar-refractivity contribution in [1.82, 2.24) is 14.8 Å². The molecular formula is C19H17N5O4S. The van der Waals surface area contributed by atoms with E-state index < -0.39 is 24.4 Å². The number of primary amides is 1. The fourth-order valence-corrected chi connectivity index (χ4v) is 4.53. The fourth-order valence-electron chi connectivity index (χ4n) is 3.22. The third-order valence-electron chi connectivity index (χ3n) is 4.54. The second-order valence-corrected chi connectivity index (χ2v) is 7.54. The topological polar surface area (TPSA) is 129 Å². The summed E-state index contributed by atoms with van der Waals surface area (Å²) >= 11 is 1.35. The van der Waals surface area contributed by atoms with Crippen molar-refractivity contribution in [3.63, 3.8) is 0 Å². The Morgan fingerprint density at radius 3 is 2.69 bits per heavy atom. The van der Waals surface area contributed by atoms with Crippen LogP contribution >= 0.6 is 11.3 Å². The first kappa shape index (κ1) is 18.8. The average molecular weight is 411 g/mol. The molecule has 0 fully saturated rings. The largest absolute Gasteiger partial charge is 0.452 e. The second-order valence-electron chi connectivity index (χ2n) is 6.44. The first-order valence-electron chi connectivity index (χ1n) is 8.89. The van der Waals surface area contributed by atoms with Crippen LogP contribution in [-0.4, -0.2) is 39.2 Å². The molecule has 3 N–H and O–H groups in total. The van der Waals surface area contributed by atoms with Gasteiger partial charge in [0.2, 0.25) is 0 Å². The highest BCUT2D eigenvalue weighted by Crippen LogP contribution is 2.38.